The second-order valence-electron chi connectivity index (χ2n) is 4.39. The molecule has 1 aliphatic rings. The van der Waals surface area contributed by atoms with Gasteiger partial charge in [0.25, 0.3) is 0 Å². The van der Waals surface area contributed by atoms with Gasteiger partial charge in [-0.15, -0.1) is 0 Å². The van der Waals surface area contributed by atoms with E-state index in [-0.39, 0.29) is 12.3 Å². The first-order valence-corrected chi connectivity index (χ1v) is 5.67. The van der Waals surface area contributed by atoms with E-state index in [1.165, 1.54) is 10.8 Å². The Bertz CT molecular complexity index is 626. The predicted molar refractivity (Wildman–Crippen MR) is 68.0 cm³/mol. The number of hydrogen-bond donors (Lipinski definition) is 1. The average molecular weight is 224 g/mol. The fourth-order valence-corrected chi connectivity index (χ4v) is 2.43. The number of allylic oxidation sites excluding steroid dienone is 1. The Morgan fingerprint density at radius 3 is 2.59 bits per heavy atom. The van der Waals surface area contributed by atoms with E-state index in [4.69, 9.17) is 5.11 Å². The Balaban J connectivity index is 2.11. The molecule has 1 unspecified atom stereocenters. The van der Waals surface area contributed by atoms with Gasteiger partial charge in [-0.3, -0.25) is 4.79 Å². The summed E-state index contributed by atoms with van der Waals surface area (Å²) < 4.78 is 0. The molecule has 0 spiro atoms. The lowest BCUT2D eigenvalue weighted by molar-refractivity contribution is -0.137. The number of carbonyl (C=O) groups is 1. The van der Waals surface area contributed by atoms with Gasteiger partial charge in [-0.25, -0.2) is 0 Å². The molecule has 0 bridgehead atoms. The second-order valence-corrected chi connectivity index (χ2v) is 4.39. The largest absolute Gasteiger partial charge is 0.481 e. The molecule has 1 N–H and O–H groups in total. The molecule has 0 saturated carbocycles. The van der Waals surface area contributed by atoms with Crippen LogP contribution in [-0.2, 0) is 4.79 Å². The van der Waals surface area contributed by atoms with E-state index in [1.54, 1.807) is 0 Å². The summed E-state index contributed by atoms with van der Waals surface area (Å²) in [6.45, 7) is 0. The molecule has 0 saturated heterocycles. The summed E-state index contributed by atoms with van der Waals surface area (Å²) in [7, 11) is 0. The smallest absolute Gasteiger partial charge is 0.304 e. The van der Waals surface area contributed by atoms with E-state index >= 15 is 0 Å². The van der Waals surface area contributed by atoms with Gasteiger partial charge < -0.3 is 5.11 Å². The maximum atomic E-state index is 10.8. The number of carboxylic acid groups (broad SMARTS) is 1. The molecular weight excluding hydrogens is 212 g/mol. The minimum atomic E-state index is -0.749. The van der Waals surface area contributed by atoms with E-state index in [2.05, 4.69) is 24.3 Å². The average Bonchev–Trinajstić information content (AvgIpc) is 2.68. The number of fused-ring (bicyclic) bond motifs is 2. The van der Waals surface area contributed by atoms with Gasteiger partial charge in [0, 0.05) is 5.92 Å². The molecule has 1 aliphatic carbocycles. The van der Waals surface area contributed by atoms with Crippen molar-refractivity contribution in [3.63, 3.8) is 0 Å². The third-order valence-electron chi connectivity index (χ3n) is 3.25. The summed E-state index contributed by atoms with van der Waals surface area (Å²) in [5.41, 5.74) is 2.28. The van der Waals surface area contributed by atoms with Crippen LogP contribution in [0.4, 0.5) is 0 Å². The van der Waals surface area contributed by atoms with E-state index in [0.717, 1.165) is 11.1 Å². The molecule has 0 fully saturated rings. The third-order valence-corrected chi connectivity index (χ3v) is 3.25. The molecule has 0 aromatic heterocycles. The lowest BCUT2D eigenvalue weighted by atomic mass is 9.95. The lowest BCUT2D eigenvalue weighted by Crippen LogP contribution is -2.02. The molecule has 2 aromatic carbocycles. The topological polar surface area (TPSA) is 37.3 Å². The Morgan fingerprint density at radius 1 is 1.18 bits per heavy atom. The van der Waals surface area contributed by atoms with Gasteiger partial charge >= 0.3 is 5.97 Å². The quantitative estimate of drug-likeness (QED) is 0.848. The van der Waals surface area contributed by atoms with Crippen molar-refractivity contribution in [2.75, 3.05) is 0 Å². The van der Waals surface area contributed by atoms with Crippen LogP contribution in [0.15, 0.2) is 42.5 Å². The highest BCUT2D eigenvalue weighted by atomic mass is 16.4. The molecule has 0 radical (unpaired) electrons. The summed E-state index contributed by atoms with van der Waals surface area (Å²) in [6.07, 6.45) is 4.18. The SMILES string of the molecule is O=C(O)CC1C=Cc2cc3ccccc3cc21. The number of hydrogen-bond acceptors (Lipinski definition) is 1. The molecule has 17 heavy (non-hydrogen) atoms. The van der Waals surface area contributed by atoms with Crippen molar-refractivity contribution < 1.29 is 9.90 Å². The van der Waals surface area contributed by atoms with Gasteiger partial charge in [0.05, 0.1) is 6.42 Å². The Kier molecular flexibility index (Phi) is 2.22. The first-order chi connectivity index (χ1) is 8.24. The second kappa shape index (κ2) is 3.74. The predicted octanol–water partition coefficient (Wildman–Crippen LogP) is 3.42. The summed E-state index contributed by atoms with van der Waals surface area (Å²) in [5, 5.41) is 11.3. The number of rotatable bonds is 2. The van der Waals surface area contributed by atoms with Gasteiger partial charge in [0.15, 0.2) is 0 Å². The lowest BCUT2D eigenvalue weighted by Gasteiger charge is -2.09. The van der Waals surface area contributed by atoms with Crippen LogP contribution < -0.4 is 0 Å². The highest BCUT2D eigenvalue weighted by Crippen LogP contribution is 2.35. The van der Waals surface area contributed by atoms with Crippen LogP contribution in [-0.4, -0.2) is 11.1 Å². The third kappa shape index (κ3) is 1.72. The summed E-state index contributed by atoms with van der Waals surface area (Å²) in [4.78, 5) is 10.8. The van der Waals surface area contributed by atoms with Crippen LogP contribution in [0.5, 0.6) is 0 Å². The van der Waals surface area contributed by atoms with Crippen molar-refractivity contribution in [1.82, 2.24) is 0 Å². The summed E-state index contributed by atoms with van der Waals surface area (Å²) in [5.74, 6) is -0.729. The minimum absolute atomic E-state index is 0.0205. The first-order valence-electron chi connectivity index (χ1n) is 5.67. The van der Waals surface area contributed by atoms with Gasteiger partial charge in [0.2, 0.25) is 0 Å². The van der Waals surface area contributed by atoms with Crippen LogP contribution in [0.1, 0.15) is 23.5 Å². The zero-order valence-corrected chi connectivity index (χ0v) is 9.26. The van der Waals surface area contributed by atoms with Gasteiger partial charge in [-0.1, -0.05) is 36.4 Å². The standard InChI is InChI=1S/C15H12O2/c16-15(17)9-13-6-5-12-7-10-3-1-2-4-11(10)8-14(12)13/h1-8,13H,9H2,(H,16,17). The van der Waals surface area contributed by atoms with Crippen LogP contribution in [0.2, 0.25) is 0 Å². The van der Waals surface area contributed by atoms with Crippen molar-refractivity contribution in [2.24, 2.45) is 0 Å². The van der Waals surface area contributed by atoms with Crippen molar-refractivity contribution in [2.45, 2.75) is 12.3 Å². The molecule has 2 nitrogen and oxygen atoms in total. The van der Waals surface area contributed by atoms with Crippen LogP contribution >= 0.6 is 0 Å². The van der Waals surface area contributed by atoms with Crippen molar-refractivity contribution in [3.05, 3.63) is 53.6 Å². The fraction of sp³-hybridized carbons (Fsp3) is 0.133. The van der Waals surface area contributed by atoms with Gasteiger partial charge in [-0.2, -0.15) is 0 Å². The maximum absolute atomic E-state index is 10.8. The molecule has 2 heteroatoms. The summed E-state index contributed by atoms with van der Waals surface area (Å²) in [6, 6.07) is 12.4. The molecule has 84 valence electrons. The molecule has 1 atom stereocenters. The van der Waals surface area contributed by atoms with Gasteiger partial charge in [-0.05, 0) is 34.0 Å². The zero-order valence-electron chi connectivity index (χ0n) is 9.26. The monoisotopic (exact) mass is 224 g/mol. The van der Waals surface area contributed by atoms with E-state index < -0.39 is 5.97 Å². The molecule has 0 amide bonds. The van der Waals surface area contributed by atoms with Crippen LogP contribution in [0, 0.1) is 0 Å². The Labute approximate surface area is 99.2 Å². The highest BCUT2D eigenvalue weighted by Gasteiger charge is 2.20. The Hall–Kier alpha value is -2.09. The van der Waals surface area contributed by atoms with Crippen LogP contribution in [0.25, 0.3) is 16.8 Å². The highest BCUT2D eigenvalue weighted by molar-refractivity contribution is 5.88. The van der Waals surface area contributed by atoms with Crippen molar-refractivity contribution >= 4 is 22.8 Å². The van der Waals surface area contributed by atoms with Crippen LogP contribution in [0.3, 0.4) is 0 Å². The number of carboxylic acids is 1. The van der Waals surface area contributed by atoms with Gasteiger partial charge in [0.1, 0.15) is 0 Å². The van der Waals surface area contributed by atoms with E-state index in [0.29, 0.717) is 0 Å². The molecular formula is C15H12O2. The normalized spacial score (nSPS) is 17.3. The zero-order chi connectivity index (χ0) is 11.8. The molecule has 2 aromatic rings. The van der Waals surface area contributed by atoms with Crippen molar-refractivity contribution in [3.8, 4) is 0 Å². The first kappa shape index (κ1) is 10.1. The molecule has 0 heterocycles. The number of aliphatic carboxylic acids is 1. The minimum Gasteiger partial charge on any atom is -0.481 e. The fourth-order valence-electron chi connectivity index (χ4n) is 2.43. The maximum Gasteiger partial charge on any atom is 0.304 e. The molecule has 3 rings (SSSR count). The Morgan fingerprint density at radius 2 is 1.88 bits per heavy atom. The van der Waals surface area contributed by atoms with E-state index in [9.17, 15) is 4.79 Å². The summed E-state index contributed by atoms with van der Waals surface area (Å²) >= 11 is 0. The van der Waals surface area contributed by atoms with Crippen molar-refractivity contribution in [1.29, 1.82) is 0 Å². The number of benzene rings is 2. The van der Waals surface area contributed by atoms with E-state index in [1.807, 2.05) is 24.3 Å². The molecule has 0 aliphatic heterocycles.